The second-order valence-electron chi connectivity index (χ2n) is 4.54. The van der Waals surface area contributed by atoms with E-state index >= 15 is 0 Å². The van der Waals surface area contributed by atoms with Gasteiger partial charge in [-0.2, -0.15) is 0 Å². The molecule has 0 aromatic carbocycles. The Morgan fingerprint density at radius 3 is 2.82 bits per heavy atom. The maximum absolute atomic E-state index is 11.7. The molecule has 4 heteroatoms. The minimum absolute atomic E-state index is 0.300. The first kappa shape index (κ1) is 12.0. The molecular weight excluding hydrogens is 214 g/mol. The van der Waals surface area contributed by atoms with Gasteiger partial charge in [0.15, 0.2) is 0 Å². The van der Waals surface area contributed by atoms with Crippen molar-refractivity contribution in [3.8, 4) is 0 Å². The maximum Gasteiger partial charge on any atom is 0.222 e. The van der Waals surface area contributed by atoms with Crippen molar-refractivity contribution < 1.29 is 4.79 Å². The number of piperidine rings is 1. The van der Waals surface area contributed by atoms with Crippen LogP contribution in [0.15, 0.2) is 18.6 Å². The Balaban J connectivity index is 1.88. The number of hydrogen-bond acceptors (Lipinski definition) is 3. The monoisotopic (exact) mass is 233 g/mol. The highest BCUT2D eigenvalue weighted by atomic mass is 16.2. The molecule has 0 unspecified atom stereocenters. The summed E-state index contributed by atoms with van der Waals surface area (Å²) in [7, 11) is 0. The third-order valence-electron chi connectivity index (χ3n) is 3.33. The molecule has 1 aromatic heterocycles. The van der Waals surface area contributed by atoms with Gasteiger partial charge in [0, 0.05) is 37.3 Å². The minimum Gasteiger partial charge on any atom is -0.343 e. The molecule has 0 radical (unpaired) electrons. The van der Waals surface area contributed by atoms with Crippen molar-refractivity contribution in [1.29, 1.82) is 0 Å². The molecule has 2 rings (SSSR count). The van der Waals surface area contributed by atoms with E-state index in [0.29, 0.717) is 18.2 Å². The number of carbonyl (C=O) groups excluding carboxylic acids is 1. The highest BCUT2D eigenvalue weighted by Gasteiger charge is 2.23. The van der Waals surface area contributed by atoms with Crippen LogP contribution >= 0.6 is 0 Å². The largest absolute Gasteiger partial charge is 0.343 e. The Morgan fingerprint density at radius 2 is 2.24 bits per heavy atom. The summed E-state index contributed by atoms with van der Waals surface area (Å²) < 4.78 is 0. The molecule has 0 N–H and O–H groups in total. The number of hydrogen-bond donors (Lipinski definition) is 0. The van der Waals surface area contributed by atoms with E-state index in [4.69, 9.17) is 0 Å². The van der Waals surface area contributed by atoms with Crippen LogP contribution in [0.5, 0.6) is 0 Å². The molecule has 0 saturated carbocycles. The molecule has 0 aliphatic carbocycles. The smallest absolute Gasteiger partial charge is 0.222 e. The molecule has 1 amide bonds. The summed E-state index contributed by atoms with van der Waals surface area (Å²) in [4.78, 5) is 22.0. The second kappa shape index (κ2) is 5.75. The summed E-state index contributed by atoms with van der Waals surface area (Å²) in [5.74, 6) is 0.789. The van der Waals surface area contributed by atoms with E-state index in [9.17, 15) is 4.79 Å². The number of nitrogens with zero attached hydrogens (tertiary/aromatic N) is 3. The molecule has 4 nitrogen and oxygen atoms in total. The Kier molecular flexibility index (Phi) is 4.07. The number of carbonyl (C=O) groups is 1. The quantitative estimate of drug-likeness (QED) is 0.802. The molecule has 1 aliphatic rings. The Morgan fingerprint density at radius 1 is 1.47 bits per heavy atom. The van der Waals surface area contributed by atoms with Crippen molar-refractivity contribution in [3.63, 3.8) is 0 Å². The van der Waals surface area contributed by atoms with Crippen LogP contribution in [-0.2, 0) is 4.79 Å². The average Bonchev–Trinajstić information content (AvgIpc) is 2.40. The van der Waals surface area contributed by atoms with Gasteiger partial charge >= 0.3 is 0 Å². The lowest BCUT2D eigenvalue weighted by Crippen LogP contribution is -2.37. The van der Waals surface area contributed by atoms with E-state index in [-0.39, 0.29) is 0 Å². The molecular formula is C13H19N3O. The second-order valence-corrected chi connectivity index (χ2v) is 4.54. The van der Waals surface area contributed by atoms with Gasteiger partial charge in [-0.3, -0.25) is 4.79 Å². The van der Waals surface area contributed by atoms with E-state index in [1.807, 2.05) is 17.9 Å². The van der Waals surface area contributed by atoms with E-state index in [1.54, 1.807) is 12.5 Å². The predicted octanol–water partition coefficient (Wildman–Crippen LogP) is 1.98. The van der Waals surface area contributed by atoms with Crippen molar-refractivity contribution in [2.75, 3.05) is 13.1 Å². The highest BCUT2D eigenvalue weighted by Crippen LogP contribution is 2.26. The lowest BCUT2D eigenvalue weighted by Gasteiger charge is -2.31. The summed E-state index contributed by atoms with van der Waals surface area (Å²) in [6.45, 7) is 3.78. The lowest BCUT2D eigenvalue weighted by atomic mass is 9.93. The van der Waals surface area contributed by atoms with Crippen molar-refractivity contribution in [2.24, 2.45) is 0 Å². The lowest BCUT2D eigenvalue weighted by molar-refractivity contribution is -0.132. The first-order chi connectivity index (χ1) is 8.31. The van der Waals surface area contributed by atoms with Crippen molar-refractivity contribution in [3.05, 3.63) is 24.3 Å². The molecule has 92 valence electrons. The van der Waals surface area contributed by atoms with Crippen LogP contribution in [0.4, 0.5) is 0 Å². The summed E-state index contributed by atoms with van der Waals surface area (Å²) in [5, 5.41) is 0. The highest BCUT2D eigenvalue weighted by molar-refractivity contribution is 5.76. The third kappa shape index (κ3) is 3.02. The summed E-state index contributed by atoms with van der Waals surface area (Å²) in [5.41, 5.74) is 1.11. The van der Waals surface area contributed by atoms with Crippen molar-refractivity contribution in [1.82, 2.24) is 14.9 Å². The molecule has 0 atom stereocenters. The molecule has 1 saturated heterocycles. The molecule has 17 heavy (non-hydrogen) atoms. The Labute approximate surface area is 102 Å². The SMILES string of the molecule is CCCC(=O)N1CCC(c2ccncn2)CC1. The fourth-order valence-corrected chi connectivity index (χ4v) is 2.34. The molecule has 1 aliphatic heterocycles. The number of amides is 1. The van der Waals surface area contributed by atoms with Crippen LogP contribution < -0.4 is 0 Å². The molecule has 0 spiro atoms. The van der Waals surface area contributed by atoms with Gasteiger partial charge in [-0.25, -0.2) is 9.97 Å². The van der Waals surface area contributed by atoms with Gasteiger partial charge in [-0.05, 0) is 25.3 Å². The van der Waals surface area contributed by atoms with Gasteiger partial charge < -0.3 is 4.90 Å². The van der Waals surface area contributed by atoms with Crippen LogP contribution in [0.3, 0.4) is 0 Å². The first-order valence-electron chi connectivity index (χ1n) is 6.35. The van der Waals surface area contributed by atoms with E-state index in [1.165, 1.54) is 0 Å². The van der Waals surface area contributed by atoms with Gasteiger partial charge in [0.1, 0.15) is 6.33 Å². The van der Waals surface area contributed by atoms with Gasteiger partial charge in [-0.15, -0.1) is 0 Å². The van der Waals surface area contributed by atoms with Crippen molar-refractivity contribution >= 4 is 5.91 Å². The Bertz CT molecular complexity index is 358. The van der Waals surface area contributed by atoms with Crippen LogP contribution in [0.2, 0.25) is 0 Å². The Hall–Kier alpha value is -1.45. The fraction of sp³-hybridized carbons (Fsp3) is 0.615. The van der Waals surface area contributed by atoms with E-state index in [2.05, 4.69) is 9.97 Å². The van der Waals surface area contributed by atoms with Gasteiger partial charge in [0.2, 0.25) is 5.91 Å². The molecule has 1 fully saturated rings. The summed E-state index contributed by atoms with van der Waals surface area (Å²) in [6, 6.07) is 1.98. The predicted molar refractivity (Wildman–Crippen MR) is 65.5 cm³/mol. The summed E-state index contributed by atoms with van der Waals surface area (Å²) >= 11 is 0. The zero-order valence-corrected chi connectivity index (χ0v) is 10.3. The zero-order chi connectivity index (χ0) is 12.1. The van der Waals surface area contributed by atoms with Gasteiger partial charge in [0.05, 0.1) is 0 Å². The third-order valence-corrected chi connectivity index (χ3v) is 3.33. The molecule has 2 heterocycles. The topological polar surface area (TPSA) is 46.1 Å². The number of aromatic nitrogens is 2. The normalized spacial score (nSPS) is 17.1. The van der Waals surface area contributed by atoms with Gasteiger partial charge in [-0.1, -0.05) is 6.92 Å². The zero-order valence-electron chi connectivity index (χ0n) is 10.3. The molecule has 1 aromatic rings. The molecule has 0 bridgehead atoms. The van der Waals surface area contributed by atoms with Crippen molar-refractivity contribution in [2.45, 2.75) is 38.5 Å². The summed E-state index contributed by atoms with van der Waals surface area (Å²) in [6.07, 6.45) is 7.04. The van der Waals surface area contributed by atoms with Crippen LogP contribution in [0.25, 0.3) is 0 Å². The fourth-order valence-electron chi connectivity index (χ4n) is 2.34. The number of likely N-dealkylation sites (tertiary alicyclic amines) is 1. The standard InChI is InChI=1S/C13H19N3O/c1-2-3-13(17)16-8-5-11(6-9-16)12-4-7-14-10-15-12/h4,7,10-11H,2-3,5-6,8-9H2,1H3. The van der Waals surface area contributed by atoms with Crippen LogP contribution in [-0.4, -0.2) is 33.9 Å². The average molecular weight is 233 g/mol. The van der Waals surface area contributed by atoms with Crippen LogP contribution in [0, 0.1) is 0 Å². The first-order valence-corrected chi connectivity index (χ1v) is 6.35. The minimum atomic E-state index is 0.300. The van der Waals surface area contributed by atoms with E-state index in [0.717, 1.165) is 38.0 Å². The number of rotatable bonds is 3. The maximum atomic E-state index is 11.7. The van der Waals surface area contributed by atoms with Gasteiger partial charge in [0.25, 0.3) is 0 Å². The van der Waals surface area contributed by atoms with E-state index < -0.39 is 0 Å². The van der Waals surface area contributed by atoms with Crippen LogP contribution in [0.1, 0.15) is 44.2 Å².